The van der Waals surface area contributed by atoms with Gasteiger partial charge in [0.25, 0.3) is 0 Å². The molecule has 1 aliphatic rings. The normalized spacial score (nSPS) is 20.5. The van der Waals surface area contributed by atoms with Crippen molar-refractivity contribution in [2.75, 3.05) is 0 Å². The fourth-order valence-corrected chi connectivity index (χ4v) is 2.53. The standard InChI is InChI=1S/C11H17BrN2O/c1-9-10(12)7-13-14(9)8-11(15)5-3-2-4-6-11/h7,15H,2-6,8H2,1H3. The maximum absolute atomic E-state index is 10.4. The van der Waals surface area contributed by atoms with Crippen LogP contribution in [0.15, 0.2) is 10.7 Å². The summed E-state index contributed by atoms with van der Waals surface area (Å²) >= 11 is 3.43. The van der Waals surface area contributed by atoms with Gasteiger partial charge in [-0.2, -0.15) is 5.10 Å². The number of aromatic nitrogens is 2. The molecule has 3 nitrogen and oxygen atoms in total. The summed E-state index contributed by atoms with van der Waals surface area (Å²) in [6.07, 6.45) is 7.13. The van der Waals surface area contributed by atoms with Gasteiger partial charge < -0.3 is 5.11 Å². The molecule has 0 aromatic carbocycles. The topological polar surface area (TPSA) is 38.0 Å². The van der Waals surface area contributed by atoms with E-state index in [1.54, 1.807) is 6.20 Å². The summed E-state index contributed by atoms with van der Waals surface area (Å²) in [6, 6.07) is 0. The van der Waals surface area contributed by atoms with Gasteiger partial charge in [0.2, 0.25) is 0 Å². The van der Waals surface area contributed by atoms with Crippen molar-refractivity contribution in [1.29, 1.82) is 0 Å². The zero-order valence-corrected chi connectivity index (χ0v) is 10.6. The Bertz CT molecular complexity index is 342. The summed E-state index contributed by atoms with van der Waals surface area (Å²) < 4.78 is 2.91. The van der Waals surface area contributed by atoms with E-state index >= 15 is 0 Å². The van der Waals surface area contributed by atoms with E-state index < -0.39 is 5.60 Å². The van der Waals surface area contributed by atoms with Crippen molar-refractivity contribution in [2.45, 2.75) is 51.2 Å². The van der Waals surface area contributed by atoms with Gasteiger partial charge in [-0.05, 0) is 35.7 Å². The fourth-order valence-electron chi connectivity index (χ4n) is 2.23. The summed E-state index contributed by atoms with van der Waals surface area (Å²) in [4.78, 5) is 0. The molecular formula is C11H17BrN2O. The monoisotopic (exact) mass is 272 g/mol. The third kappa shape index (κ3) is 2.42. The first kappa shape index (κ1) is 11.1. The second-order valence-electron chi connectivity index (χ2n) is 4.52. The zero-order chi connectivity index (χ0) is 10.9. The van der Waals surface area contributed by atoms with Crippen LogP contribution < -0.4 is 0 Å². The van der Waals surface area contributed by atoms with Crippen molar-refractivity contribution in [3.05, 3.63) is 16.4 Å². The van der Waals surface area contributed by atoms with E-state index in [-0.39, 0.29) is 0 Å². The van der Waals surface area contributed by atoms with Crippen molar-refractivity contribution in [1.82, 2.24) is 9.78 Å². The Morgan fingerprint density at radius 2 is 2.13 bits per heavy atom. The number of hydrogen-bond acceptors (Lipinski definition) is 2. The Kier molecular flexibility index (Phi) is 3.16. The van der Waals surface area contributed by atoms with Gasteiger partial charge in [0, 0.05) is 5.69 Å². The molecule has 0 unspecified atom stereocenters. The molecule has 15 heavy (non-hydrogen) atoms. The molecule has 84 valence electrons. The second kappa shape index (κ2) is 4.26. The van der Waals surface area contributed by atoms with Crippen LogP contribution in [0.25, 0.3) is 0 Å². The molecule has 0 bridgehead atoms. The molecule has 1 aromatic heterocycles. The molecule has 1 N–H and O–H groups in total. The lowest BCUT2D eigenvalue weighted by Gasteiger charge is -2.32. The Morgan fingerprint density at radius 3 is 2.67 bits per heavy atom. The lowest BCUT2D eigenvalue weighted by Crippen LogP contribution is -2.36. The molecule has 1 fully saturated rings. The summed E-state index contributed by atoms with van der Waals surface area (Å²) in [5.74, 6) is 0. The summed E-state index contributed by atoms with van der Waals surface area (Å²) in [6.45, 7) is 2.65. The van der Waals surface area contributed by atoms with Crippen molar-refractivity contribution < 1.29 is 5.11 Å². The lowest BCUT2D eigenvalue weighted by atomic mass is 9.85. The zero-order valence-electron chi connectivity index (χ0n) is 9.04. The van der Waals surface area contributed by atoms with E-state index in [2.05, 4.69) is 21.0 Å². The van der Waals surface area contributed by atoms with Gasteiger partial charge in [0.15, 0.2) is 0 Å². The van der Waals surface area contributed by atoms with E-state index in [0.717, 1.165) is 35.8 Å². The smallest absolute Gasteiger partial charge is 0.0842 e. The highest BCUT2D eigenvalue weighted by Gasteiger charge is 2.30. The molecule has 0 saturated heterocycles. The minimum Gasteiger partial charge on any atom is -0.388 e. The van der Waals surface area contributed by atoms with Crippen LogP contribution in [0.4, 0.5) is 0 Å². The third-order valence-electron chi connectivity index (χ3n) is 3.27. The van der Waals surface area contributed by atoms with E-state index in [1.807, 2.05) is 11.6 Å². The van der Waals surface area contributed by atoms with Crippen LogP contribution in [0.3, 0.4) is 0 Å². The first-order valence-corrected chi connectivity index (χ1v) is 6.30. The van der Waals surface area contributed by atoms with Gasteiger partial charge in [0.1, 0.15) is 0 Å². The molecule has 0 spiro atoms. The Hall–Kier alpha value is -0.350. The second-order valence-corrected chi connectivity index (χ2v) is 5.37. The van der Waals surface area contributed by atoms with Crippen LogP contribution in [0, 0.1) is 6.92 Å². The van der Waals surface area contributed by atoms with E-state index in [0.29, 0.717) is 6.54 Å². The molecule has 1 aromatic rings. The van der Waals surface area contributed by atoms with Crippen LogP contribution in [-0.2, 0) is 6.54 Å². The average molecular weight is 273 g/mol. The quantitative estimate of drug-likeness (QED) is 0.899. The van der Waals surface area contributed by atoms with E-state index in [1.165, 1.54) is 6.42 Å². The summed E-state index contributed by atoms with van der Waals surface area (Å²) in [5, 5.41) is 14.6. The van der Waals surface area contributed by atoms with Crippen molar-refractivity contribution in [3.8, 4) is 0 Å². The maximum atomic E-state index is 10.4. The number of halogens is 1. The van der Waals surface area contributed by atoms with Crippen molar-refractivity contribution in [2.24, 2.45) is 0 Å². The van der Waals surface area contributed by atoms with E-state index in [9.17, 15) is 5.11 Å². The number of hydrogen-bond donors (Lipinski definition) is 1. The predicted octanol–water partition coefficient (Wildman–Crippen LogP) is 2.65. The largest absolute Gasteiger partial charge is 0.388 e. The van der Waals surface area contributed by atoms with Crippen LogP contribution in [0.5, 0.6) is 0 Å². The van der Waals surface area contributed by atoms with Crippen LogP contribution >= 0.6 is 15.9 Å². The Balaban J connectivity index is 2.10. The van der Waals surface area contributed by atoms with E-state index in [4.69, 9.17) is 0 Å². The first-order valence-electron chi connectivity index (χ1n) is 5.51. The fraction of sp³-hybridized carbons (Fsp3) is 0.727. The van der Waals surface area contributed by atoms with Gasteiger partial charge in [0.05, 0.1) is 22.8 Å². The predicted molar refractivity (Wildman–Crippen MR) is 62.7 cm³/mol. The number of aliphatic hydroxyl groups is 1. The summed E-state index contributed by atoms with van der Waals surface area (Å²) in [7, 11) is 0. The molecule has 0 amide bonds. The van der Waals surface area contributed by atoms with Gasteiger partial charge in [-0.15, -0.1) is 0 Å². The molecule has 1 aliphatic carbocycles. The van der Waals surface area contributed by atoms with Crippen LogP contribution in [0.1, 0.15) is 37.8 Å². The van der Waals surface area contributed by atoms with Gasteiger partial charge in [-0.25, -0.2) is 0 Å². The van der Waals surface area contributed by atoms with Crippen molar-refractivity contribution >= 4 is 15.9 Å². The molecular weight excluding hydrogens is 256 g/mol. The molecule has 0 aliphatic heterocycles. The summed E-state index contributed by atoms with van der Waals surface area (Å²) in [5.41, 5.74) is 0.558. The molecule has 1 saturated carbocycles. The highest BCUT2D eigenvalue weighted by molar-refractivity contribution is 9.10. The minimum absolute atomic E-state index is 0.533. The molecule has 1 heterocycles. The van der Waals surface area contributed by atoms with Crippen LogP contribution in [0.2, 0.25) is 0 Å². The maximum Gasteiger partial charge on any atom is 0.0842 e. The van der Waals surface area contributed by atoms with Gasteiger partial charge in [-0.1, -0.05) is 19.3 Å². The molecule has 0 radical (unpaired) electrons. The highest BCUT2D eigenvalue weighted by Crippen LogP contribution is 2.30. The molecule has 4 heteroatoms. The number of rotatable bonds is 2. The Morgan fingerprint density at radius 1 is 1.47 bits per heavy atom. The lowest BCUT2D eigenvalue weighted by molar-refractivity contribution is -0.0147. The van der Waals surface area contributed by atoms with Gasteiger partial charge in [-0.3, -0.25) is 4.68 Å². The molecule has 0 atom stereocenters. The SMILES string of the molecule is Cc1c(Br)cnn1CC1(O)CCCCC1. The average Bonchev–Trinajstić information content (AvgIpc) is 2.50. The minimum atomic E-state index is -0.533. The van der Waals surface area contributed by atoms with Crippen molar-refractivity contribution in [3.63, 3.8) is 0 Å². The van der Waals surface area contributed by atoms with Crippen LogP contribution in [-0.4, -0.2) is 20.5 Å². The molecule has 2 rings (SSSR count). The first-order chi connectivity index (χ1) is 7.11. The van der Waals surface area contributed by atoms with Gasteiger partial charge >= 0.3 is 0 Å². The number of nitrogens with zero attached hydrogens (tertiary/aromatic N) is 2. The third-order valence-corrected chi connectivity index (χ3v) is 4.05. The Labute approximate surface area is 98.6 Å². The highest BCUT2D eigenvalue weighted by atomic mass is 79.9.